The number of anilines is 1. The van der Waals surface area contributed by atoms with Crippen LogP contribution in [0.2, 0.25) is 0 Å². The Morgan fingerprint density at radius 2 is 1.54 bits per heavy atom. The summed E-state index contributed by atoms with van der Waals surface area (Å²) in [6.07, 6.45) is 11.3. The molecule has 1 aromatic carbocycles. The lowest BCUT2D eigenvalue weighted by Gasteiger charge is -2.46. The second-order valence-corrected chi connectivity index (χ2v) is 10.9. The molecule has 1 saturated carbocycles. The van der Waals surface area contributed by atoms with Crippen molar-refractivity contribution in [3.63, 3.8) is 0 Å². The molecule has 2 amide bonds. The molecule has 1 aromatic rings. The summed E-state index contributed by atoms with van der Waals surface area (Å²) in [6.45, 7) is 4.22. The van der Waals surface area contributed by atoms with Crippen LogP contribution in [0.15, 0.2) is 24.3 Å². The summed E-state index contributed by atoms with van der Waals surface area (Å²) in [5.41, 5.74) is 0.834. The monoisotopic (exact) mass is 485 g/mol. The third kappa shape index (κ3) is 5.20. The third-order valence-electron chi connectivity index (χ3n) is 8.86. The zero-order valence-corrected chi connectivity index (χ0v) is 21.0. The maximum atomic E-state index is 13.7. The van der Waals surface area contributed by atoms with Crippen LogP contribution in [0.1, 0.15) is 77.6 Å². The molecule has 6 nitrogen and oxygen atoms in total. The smallest absolute Gasteiger partial charge is 0.410 e. The van der Waals surface area contributed by atoms with Crippen LogP contribution >= 0.6 is 0 Å². The van der Waals surface area contributed by atoms with Crippen molar-refractivity contribution in [2.24, 2.45) is 5.92 Å². The van der Waals surface area contributed by atoms with Gasteiger partial charge >= 0.3 is 6.09 Å². The predicted molar refractivity (Wildman–Crippen MR) is 134 cm³/mol. The van der Waals surface area contributed by atoms with Gasteiger partial charge in [0.15, 0.2) is 0 Å². The topological polar surface area (TPSA) is 53.1 Å². The zero-order chi connectivity index (χ0) is 24.4. The molecule has 3 saturated heterocycles. The summed E-state index contributed by atoms with van der Waals surface area (Å²) in [5, 5.41) is 0. The standard InChI is InChI=1S/C28H40FN3O3/c1-2-35-28(34)32-24-12-13-25(32)19-26(18-24)30-16-14-23(15-17-30)31(22-10-8-21(29)9-11-22)27(33)20-6-4-3-5-7-20/h8-11,20,23-26H,2-7,12-19H2,1H3. The minimum Gasteiger partial charge on any atom is -0.450 e. The molecule has 1 aliphatic carbocycles. The van der Waals surface area contributed by atoms with Gasteiger partial charge in [-0.25, -0.2) is 9.18 Å². The molecule has 0 aromatic heterocycles. The fourth-order valence-electron chi connectivity index (χ4n) is 7.12. The predicted octanol–water partition coefficient (Wildman–Crippen LogP) is 5.36. The van der Waals surface area contributed by atoms with Crippen LogP contribution in [0.5, 0.6) is 0 Å². The molecule has 4 aliphatic rings. The summed E-state index contributed by atoms with van der Waals surface area (Å²) in [4.78, 5) is 32.7. The number of amides is 2. The molecular formula is C28H40FN3O3. The lowest BCUT2D eigenvalue weighted by Crippen LogP contribution is -2.56. The van der Waals surface area contributed by atoms with Crippen molar-refractivity contribution in [1.29, 1.82) is 0 Å². The Hall–Kier alpha value is -2.15. The van der Waals surface area contributed by atoms with Crippen LogP contribution in [-0.4, -0.2) is 65.7 Å². The molecule has 4 fully saturated rings. The zero-order valence-electron chi connectivity index (χ0n) is 21.0. The van der Waals surface area contributed by atoms with Crippen molar-refractivity contribution in [2.45, 2.75) is 102 Å². The number of carbonyl (C=O) groups is 2. The number of likely N-dealkylation sites (tertiary alicyclic amines) is 1. The maximum absolute atomic E-state index is 13.7. The van der Waals surface area contributed by atoms with Gasteiger partial charge < -0.3 is 19.4 Å². The number of hydrogen-bond donors (Lipinski definition) is 0. The molecular weight excluding hydrogens is 445 g/mol. The quantitative estimate of drug-likeness (QED) is 0.564. The number of ether oxygens (including phenoxy) is 1. The lowest BCUT2D eigenvalue weighted by molar-refractivity contribution is -0.124. The fourth-order valence-corrected chi connectivity index (χ4v) is 7.12. The van der Waals surface area contributed by atoms with Gasteiger partial charge in [-0.2, -0.15) is 0 Å². The Labute approximate surface area is 208 Å². The van der Waals surface area contributed by atoms with Gasteiger partial charge in [0.1, 0.15) is 5.82 Å². The highest BCUT2D eigenvalue weighted by Crippen LogP contribution is 2.39. The highest BCUT2D eigenvalue weighted by Gasteiger charge is 2.46. The second kappa shape index (κ2) is 10.9. The van der Waals surface area contributed by atoms with Gasteiger partial charge in [-0.15, -0.1) is 0 Å². The third-order valence-corrected chi connectivity index (χ3v) is 8.86. The van der Waals surface area contributed by atoms with Crippen molar-refractivity contribution < 1.29 is 18.7 Å². The van der Waals surface area contributed by atoms with E-state index in [0.29, 0.717) is 24.7 Å². The summed E-state index contributed by atoms with van der Waals surface area (Å²) < 4.78 is 19.0. The van der Waals surface area contributed by atoms with E-state index in [2.05, 4.69) is 4.90 Å². The molecule has 0 spiro atoms. The van der Waals surface area contributed by atoms with E-state index >= 15 is 0 Å². The Morgan fingerprint density at radius 3 is 2.14 bits per heavy atom. The van der Waals surface area contributed by atoms with Crippen LogP contribution in [0.25, 0.3) is 0 Å². The van der Waals surface area contributed by atoms with Gasteiger partial charge in [-0.3, -0.25) is 4.79 Å². The van der Waals surface area contributed by atoms with E-state index in [1.807, 2.05) is 16.7 Å². The summed E-state index contributed by atoms with van der Waals surface area (Å²) in [6, 6.07) is 7.71. The number of piperidine rings is 2. The van der Waals surface area contributed by atoms with E-state index in [1.165, 1.54) is 18.6 Å². The number of fused-ring (bicyclic) bond motifs is 2. The van der Waals surface area contributed by atoms with E-state index in [9.17, 15) is 14.0 Å². The Morgan fingerprint density at radius 1 is 0.914 bits per heavy atom. The molecule has 0 N–H and O–H groups in total. The summed E-state index contributed by atoms with van der Waals surface area (Å²) in [5.74, 6) is 0.0580. The fraction of sp³-hybridized carbons (Fsp3) is 0.714. The van der Waals surface area contributed by atoms with E-state index in [4.69, 9.17) is 4.74 Å². The molecule has 2 bridgehead atoms. The van der Waals surface area contributed by atoms with Crippen LogP contribution in [-0.2, 0) is 9.53 Å². The van der Waals surface area contributed by atoms with Gasteiger partial charge in [0.2, 0.25) is 5.91 Å². The number of benzene rings is 1. The van der Waals surface area contributed by atoms with Crippen LogP contribution < -0.4 is 4.90 Å². The average Bonchev–Trinajstić information content (AvgIpc) is 3.16. The number of halogens is 1. The summed E-state index contributed by atoms with van der Waals surface area (Å²) in [7, 11) is 0. The Bertz CT molecular complexity index is 866. The lowest BCUT2D eigenvalue weighted by atomic mass is 9.87. The van der Waals surface area contributed by atoms with Crippen LogP contribution in [0, 0.1) is 11.7 Å². The molecule has 2 atom stereocenters. The number of rotatable bonds is 5. The van der Waals surface area contributed by atoms with Gasteiger partial charge in [-0.1, -0.05) is 19.3 Å². The van der Waals surface area contributed by atoms with Crippen molar-refractivity contribution in [1.82, 2.24) is 9.80 Å². The first kappa shape index (κ1) is 24.5. The van der Waals surface area contributed by atoms with Gasteiger partial charge in [0, 0.05) is 48.9 Å². The van der Waals surface area contributed by atoms with Gasteiger partial charge in [0.25, 0.3) is 0 Å². The van der Waals surface area contributed by atoms with Crippen molar-refractivity contribution in [3.05, 3.63) is 30.1 Å². The number of carbonyl (C=O) groups excluding carboxylic acids is 2. The first-order chi connectivity index (χ1) is 17.0. The van der Waals surface area contributed by atoms with E-state index < -0.39 is 0 Å². The molecule has 3 aliphatic heterocycles. The van der Waals surface area contributed by atoms with E-state index in [-0.39, 0.29) is 29.8 Å². The number of nitrogens with zero attached hydrogens (tertiary/aromatic N) is 3. The maximum Gasteiger partial charge on any atom is 0.410 e. The van der Waals surface area contributed by atoms with Crippen molar-refractivity contribution >= 4 is 17.7 Å². The molecule has 7 heteroatoms. The molecule has 0 radical (unpaired) electrons. The second-order valence-electron chi connectivity index (χ2n) is 10.9. The van der Waals surface area contributed by atoms with E-state index in [1.54, 1.807) is 12.1 Å². The number of hydrogen-bond acceptors (Lipinski definition) is 4. The van der Waals surface area contributed by atoms with E-state index in [0.717, 1.165) is 83.0 Å². The first-order valence-electron chi connectivity index (χ1n) is 13.8. The largest absolute Gasteiger partial charge is 0.450 e. The van der Waals surface area contributed by atoms with Crippen LogP contribution in [0.4, 0.5) is 14.9 Å². The summed E-state index contributed by atoms with van der Waals surface area (Å²) >= 11 is 0. The first-order valence-corrected chi connectivity index (χ1v) is 13.8. The highest BCUT2D eigenvalue weighted by atomic mass is 19.1. The SMILES string of the molecule is CCOC(=O)N1C2CCC1CC(N1CCC(N(C(=O)C3CCCCC3)c3ccc(F)cc3)CC1)C2. The molecule has 2 unspecified atom stereocenters. The minimum atomic E-state index is -0.266. The van der Waals surface area contributed by atoms with Gasteiger partial charge in [-0.05, 0) is 82.6 Å². The Kier molecular flexibility index (Phi) is 7.61. The van der Waals surface area contributed by atoms with Crippen molar-refractivity contribution in [3.8, 4) is 0 Å². The van der Waals surface area contributed by atoms with Crippen LogP contribution in [0.3, 0.4) is 0 Å². The molecule has 192 valence electrons. The molecule has 35 heavy (non-hydrogen) atoms. The Balaban J connectivity index is 1.24. The average molecular weight is 486 g/mol. The van der Waals surface area contributed by atoms with Crippen molar-refractivity contribution in [2.75, 3.05) is 24.6 Å². The van der Waals surface area contributed by atoms with Gasteiger partial charge in [0.05, 0.1) is 6.61 Å². The normalized spacial score (nSPS) is 28.2. The highest BCUT2D eigenvalue weighted by molar-refractivity contribution is 5.95. The molecule has 5 rings (SSSR count). The molecule has 3 heterocycles. The minimum absolute atomic E-state index is 0.0923.